The SMILES string of the molecule is CC1(C)CNC1C(=O)Nc1ccc2nccnc2c1. The second kappa shape index (κ2) is 4.28. The molecule has 19 heavy (non-hydrogen) atoms. The number of carbonyl (C=O) groups excluding carboxylic acids is 1. The molecule has 0 saturated carbocycles. The standard InChI is InChI=1S/C14H16N4O/c1-14(2)8-17-12(14)13(19)18-9-3-4-10-11(7-9)16-6-5-15-10/h3-7,12,17H,8H2,1-2H3,(H,18,19). The summed E-state index contributed by atoms with van der Waals surface area (Å²) in [5.41, 5.74) is 2.37. The third-order valence-electron chi connectivity index (χ3n) is 3.54. The van der Waals surface area contributed by atoms with Crippen molar-refractivity contribution in [3.63, 3.8) is 0 Å². The Morgan fingerprint density at radius 3 is 2.68 bits per heavy atom. The number of hydrogen-bond donors (Lipinski definition) is 2. The molecule has 1 fully saturated rings. The summed E-state index contributed by atoms with van der Waals surface area (Å²) in [7, 11) is 0. The summed E-state index contributed by atoms with van der Waals surface area (Å²) in [4.78, 5) is 20.6. The summed E-state index contributed by atoms with van der Waals surface area (Å²) >= 11 is 0. The van der Waals surface area contributed by atoms with Crippen LogP contribution >= 0.6 is 0 Å². The van der Waals surface area contributed by atoms with Crippen LogP contribution in [0.1, 0.15) is 13.8 Å². The van der Waals surface area contributed by atoms with Gasteiger partial charge in [0, 0.05) is 30.0 Å². The molecule has 5 nitrogen and oxygen atoms in total. The van der Waals surface area contributed by atoms with Crippen LogP contribution in [0.4, 0.5) is 5.69 Å². The van der Waals surface area contributed by atoms with Crippen molar-refractivity contribution in [3.8, 4) is 0 Å². The highest BCUT2D eigenvalue weighted by Gasteiger charge is 2.42. The summed E-state index contributed by atoms with van der Waals surface area (Å²) in [6.45, 7) is 5.04. The normalized spacial score (nSPS) is 20.8. The molecule has 1 aromatic heterocycles. The van der Waals surface area contributed by atoms with E-state index in [0.29, 0.717) is 0 Å². The van der Waals surface area contributed by atoms with E-state index in [1.165, 1.54) is 0 Å². The molecule has 0 radical (unpaired) electrons. The number of carbonyl (C=O) groups is 1. The predicted octanol–water partition coefficient (Wildman–Crippen LogP) is 1.57. The Balaban J connectivity index is 1.80. The number of anilines is 1. The molecule has 1 aliphatic heterocycles. The summed E-state index contributed by atoms with van der Waals surface area (Å²) in [5, 5.41) is 6.08. The first-order chi connectivity index (χ1) is 9.06. The van der Waals surface area contributed by atoms with Gasteiger partial charge in [0.25, 0.3) is 0 Å². The molecular weight excluding hydrogens is 240 g/mol. The van der Waals surface area contributed by atoms with Gasteiger partial charge >= 0.3 is 0 Å². The molecule has 0 spiro atoms. The van der Waals surface area contributed by atoms with E-state index in [2.05, 4.69) is 34.4 Å². The summed E-state index contributed by atoms with van der Waals surface area (Å²) in [6.07, 6.45) is 3.30. The second-order valence-corrected chi connectivity index (χ2v) is 5.55. The molecule has 3 rings (SSSR count). The first kappa shape index (κ1) is 12.0. The zero-order valence-corrected chi connectivity index (χ0v) is 11.0. The number of fused-ring (bicyclic) bond motifs is 1. The van der Waals surface area contributed by atoms with Crippen molar-refractivity contribution in [1.29, 1.82) is 0 Å². The Labute approximate surface area is 111 Å². The van der Waals surface area contributed by atoms with Gasteiger partial charge in [0.1, 0.15) is 0 Å². The van der Waals surface area contributed by atoms with Crippen LogP contribution in [-0.2, 0) is 4.79 Å². The average Bonchev–Trinajstić information content (AvgIpc) is 2.37. The number of rotatable bonds is 2. The summed E-state index contributed by atoms with van der Waals surface area (Å²) < 4.78 is 0. The largest absolute Gasteiger partial charge is 0.325 e. The lowest BCUT2D eigenvalue weighted by atomic mass is 9.77. The molecule has 1 atom stereocenters. The molecule has 98 valence electrons. The van der Waals surface area contributed by atoms with Crippen molar-refractivity contribution < 1.29 is 4.79 Å². The van der Waals surface area contributed by atoms with E-state index in [4.69, 9.17) is 0 Å². The van der Waals surface area contributed by atoms with E-state index in [9.17, 15) is 4.79 Å². The molecule has 0 aliphatic carbocycles. The lowest BCUT2D eigenvalue weighted by Gasteiger charge is -2.44. The molecule has 0 bridgehead atoms. The maximum atomic E-state index is 12.1. The van der Waals surface area contributed by atoms with Crippen LogP contribution in [-0.4, -0.2) is 28.5 Å². The van der Waals surface area contributed by atoms with E-state index in [1.807, 2.05) is 18.2 Å². The Morgan fingerprint density at radius 2 is 2.05 bits per heavy atom. The van der Waals surface area contributed by atoms with Crippen molar-refractivity contribution in [2.75, 3.05) is 11.9 Å². The molecule has 1 unspecified atom stereocenters. The van der Waals surface area contributed by atoms with E-state index >= 15 is 0 Å². The first-order valence-electron chi connectivity index (χ1n) is 6.31. The highest BCUT2D eigenvalue weighted by atomic mass is 16.2. The van der Waals surface area contributed by atoms with Crippen LogP contribution < -0.4 is 10.6 Å². The fourth-order valence-electron chi connectivity index (χ4n) is 2.32. The van der Waals surface area contributed by atoms with Gasteiger partial charge in [-0.15, -0.1) is 0 Å². The average molecular weight is 256 g/mol. The zero-order chi connectivity index (χ0) is 13.5. The van der Waals surface area contributed by atoms with Crippen LogP contribution in [0.3, 0.4) is 0 Å². The van der Waals surface area contributed by atoms with E-state index in [0.717, 1.165) is 23.3 Å². The topological polar surface area (TPSA) is 66.9 Å². The van der Waals surface area contributed by atoms with Crippen LogP contribution in [0.2, 0.25) is 0 Å². The van der Waals surface area contributed by atoms with Gasteiger partial charge in [-0.1, -0.05) is 13.8 Å². The third kappa shape index (κ3) is 2.17. The molecule has 1 amide bonds. The van der Waals surface area contributed by atoms with Gasteiger partial charge in [-0.25, -0.2) is 0 Å². The monoisotopic (exact) mass is 256 g/mol. The van der Waals surface area contributed by atoms with Gasteiger partial charge in [-0.3, -0.25) is 14.8 Å². The highest BCUT2D eigenvalue weighted by molar-refractivity contribution is 5.97. The van der Waals surface area contributed by atoms with Crippen LogP contribution in [0.15, 0.2) is 30.6 Å². The van der Waals surface area contributed by atoms with Crippen molar-refractivity contribution >= 4 is 22.6 Å². The number of hydrogen-bond acceptors (Lipinski definition) is 4. The second-order valence-electron chi connectivity index (χ2n) is 5.55. The molecule has 2 N–H and O–H groups in total. The van der Waals surface area contributed by atoms with Gasteiger partial charge in [0.2, 0.25) is 5.91 Å². The van der Waals surface area contributed by atoms with Crippen molar-refractivity contribution in [2.24, 2.45) is 5.41 Å². The molecule has 1 aliphatic rings. The van der Waals surface area contributed by atoms with E-state index < -0.39 is 0 Å². The molecule has 5 heteroatoms. The Morgan fingerprint density at radius 1 is 1.32 bits per heavy atom. The number of nitrogens with zero attached hydrogens (tertiary/aromatic N) is 2. The zero-order valence-electron chi connectivity index (χ0n) is 11.0. The van der Waals surface area contributed by atoms with Crippen molar-refractivity contribution in [2.45, 2.75) is 19.9 Å². The van der Waals surface area contributed by atoms with Crippen LogP contribution in [0, 0.1) is 5.41 Å². The summed E-state index contributed by atoms with van der Waals surface area (Å²) in [6, 6.07) is 5.41. The number of aromatic nitrogens is 2. The predicted molar refractivity (Wildman–Crippen MR) is 73.7 cm³/mol. The maximum absolute atomic E-state index is 12.1. The number of amides is 1. The van der Waals surface area contributed by atoms with E-state index in [-0.39, 0.29) is 17.4 Å². The van der Waals surface area contributed by atoms with Crippen molar-refractivity contribution in [1.82, 2.24) is 15.3 Å². The molecule has 2 heterocycles. The van der Waals surface area contributed by atoms with Gasteiger partial charge in [0.05, 0.1) is 17.1 Å². The first-order valence-corrected chi connectivity index (χ1v) is 6.31. The minimum Gasteiger partial charge on any atom is -0.325 e. The fraction of sp³-hybridized carbons (Fsp3) is 0.357. The van der Waals surface area contributed by atoms with Gasteiger partial charge in [-0.2, -0.15) is 0 Å². The van der Waals surface area contributed by atoms with Crippen molar-refractivity contribution in [3.05, 3.63) is 30.6 Å². The Kier molecular flexibility index (Phi) is 2.71. The molecule has 1 aromatic carbocycles. The number of benzene rings is 1. The van der Waals surface area contributed by atoms with Crippen LogP contribution in [0.25, 0.3) is 11.0 Å². The lowest BCUT2D eigenvalue weighted by Crippen LogP contribution is -2.64. The molecular formula is C14H16N4O. The Hall–Kier alpha value is -2.01. The highest BCUT2D eigenvalue weighted by Crippen LogP contribution is 2.28. The molecule has 2 aromatic rings. The fourth-order valence-corrected chi connectivity index (χ4v) is 2.32. The quantitative estimate of drug-likeness (QED) is 0.856. The minimum atomic E-state index is -0.134. The van der Waals surface area contributed by atoms with Crippen LogP contribution in [0.5, 0.6) is 0 Å². The van der Waals surface area contributed by atoms with Gasteiger partial charge < -0.3 is 10.6 Å². The minimum absolute atomic E-state index is 0.000472. The summed E-state index contributed by atoms with van der Waals surface area (Å²) in [5.74, 6) is -0.000472. The van der Waals surface area contributed by atoms with Gasteiger partial charge in [-0.05, 0) is 18.2 Å². The Bertz CT molecular complexity index is 638. The third-order valence-corrected chi connectivity index (χ3v) is 3.54. The molecule has 1 saturated heterocycles. The lowest BCUT2D eigenvalue weighted by molar-refractivity contribution is -0.124. The maximum Gasteiger partial charge on any atom is 0.242 e. The van der Waals surface area contributed by atoms with E-state index in [1.54, 1.807) is 12.4 Å². The van der Waals surface area contributed by atoms with Gasteiger partial charge in [0.15, 0.2) is 0 Å². The smallest absolute Gasteiger partial charge is 0.242 e. The number of nitrogens with one attached hydrogen (secondary N) is 2.